The predicted octanol–water partition coefficient (Wildman–Crippen LogP) is 2.60. The Morgan fingerprint density at radius 1 is 1.19 bits per heavy atom. The van der Waals surface area contributed by atoms with Crippen molar-refractivity contribution in [3.8, 4) is 0 Å². The molecule has 0 amide bonds. The number of nitrogens with zero attached hydrogens (tertiary/aromatic N) is 2. The summed E-state index contributed by atoms with van der Waals surface area (Å²) in [6.07, 6.45) is 6.96. The van der Waals surface area contributed by atoms with E-state index in [0.717, 1.165) is 5.52 Å². The monoisotopic (exact) mass is 364 g/mol. The molecule has 1 aliphatic rings. The van der Waals surface area contributed by atoms with Crippen LogP contribution in [0.3, 0.4) is 0 Å². The molecule has 0 saturated heterocycles. The van der Waals surface area contributed by atoms with Crippen molar-refractivity contribution >= 4 is 21.9 Å². The topological polar surface area (TPSA) is 73.6 Å². The molecular weight excluding hydrogens is 344 g/mol. The van der Waals surface area contributed by atoms with Gasteiger partial charge in [0.25, 0.3) is 0 Å². The first-order chi connectivity index (χ1) is 13.1. The molecule has 3 aromatic rings. The summed E-state index contributed by atoms with van der Waals surface area (Å²) in [6, 6.07) is 11.1. The summed E-state index contributed by atoms with van der Waals surface area (Å²) >= 11 is 0. The number of hydrogen-bond acceptors (Lipinski definition) is 5. The molecule has 6 nitrogen and oxygen atoms in total. The Morgan fingerprint density at radius 2 is 1.96 bits per heavy atom. The number of benzene rings is 1. The van der Waals surface area contributed by atoms with Gasteiger partial charge in [0.2, 0.25) is 5.79 Å². The first-order valence-electron chi connectivity index (χ1n) is 8.67. The molecule has 1 aliphatic carbocycles. The van der Waals surface area contributed by atoms with Crippen LogP contribution in [0.25, 0.3) is 21.9 Å². The van der Waals surface area contributed by atoms with E-state index in [1.54, 1.807) is 24.4 Å². The lowest BCUT2D eigenvalue weighted by Gasteiger charge is -2.29. The summed E-state index contributed by atoms with van der Waals surface area (Å²) in [7, 11) is 2.92. The molecule has 0 bridgehead atoms. The molecule has 4 rings (SSSR count). The summed E-state index contributed by atoms with van der Waals surface area (Å²) in [4.78, 5) is 17.3. The van der Waals surface area contributed by atoms with Crippen molar-refractivity contribution in [1.29, 1.82) is 0 Å². The summed E-state index contributed by atoms with van der Waals surface area (Å²) in [6.45, 7) is 0.539. The Bertz CT molecular complexity index is 1070. The lowest BCUT2D eigenvalue weighted by Crippen LogP contribution is -2.35. The second-order valence-electron chi connectivity index (χ2n) is 6.49. The Balaban J connectivity index is 1.87. The molecule has 1 aromatic carbocycles. The number of para-hydroxylation sites is 1. The molecule has 2 aromatic heterocycles. The van der Waals surface area contributed by atoms with Gasteiger partial charge in [-0.25, -0.2) is 4.98 Å². The second kappa shape index (κ2) is 6.64. The molecular formula is C21H20N2O4. The number of aromatic nitrogens is 2. The van der Waals surface area contributed by atoms with Gasteiger partial charge in [0.05, 0.1) is 18.0 Å². The minimum Gasteiger partial charge on any atom is -0.495 e. The van der Waals surface area contributed by atoms with Gasteiger partial charge in [0.15, 0.2) is 11.2 Å². The molecule has 0 saturated carbocycles. The van der Waals surface area contributed by atoms with Crippen molar-refractivity contribution in [3.05, 3.63) is 76.8 Å². The highest BCUT2D eigenvalue weighted by Gasteiger charge is 2.33. The highest BCUT2D eigenvalue weighted by molar-refractivity contribution is 5.91. The lowest BCUT2D eigenvalue weighted by molar-refractivity contribution is -0.144. The fourth-order valence-corrected chi connectivity index (χ4v) is 3.55. The largest absolute Gasteiger partial charge is 0.495 e. The molecule has 0 radical (unpaired) electrons. The zero-order valence-electron chi connectivity index (χ0n) is 15.1. The Morgan fingerprint density at radius 3 is 2.74 bits per heavy atom. The van der Waals surface area contributed by atoms with Gasteiger partial charge < -0.3 is 19.1 Å². The second-order valence-corrected chi connectivity index (χ2v) is 6.49. The summed E-state index contributed by atoms with van der Waals surface area (Å²) in [5.41, 5.74) is 1.43. The van der Waals surface area contributed by atoms with Gasteiger partial charge >= 0.3 is 0 Å². The van der Waals surface area contributed by atoms with E-state index in [2.05, 4.69) is 4.98 Å². The van der Waals surface area contributed by atoms with Gasteiger partial charge in [-0.15, -0.1) is 0 Å². The number of allylic oxidation sites excluding steroid dienone is 2. The molecule has 1 N–H and O–H groups in total. The van der Waals surface area contributed by atoms with Gasteiger partial charge in [-0.2, -0.15) is 0 Å². The minimum atomic E-state index is -1.56. The third-order valence-electron chi connectivity index (χ3n) is 4.94. The molecule has 27 heavy (non-hydrogen) atoms. The van der Waals surface area contributed by atoms with E-state index in [1.807, 2.05) is 41.0 Å². The third-order valence-corrected chi connectivity index (χ3v) is 4.94. The van der Waals surface area contributed by atoms with Crippen LogP contribution >= 0.6 is 0 Å². The highest BCUT2D eigenvalue weighted by atomic mass is 16.6. The molecule has 2 heterocycles. The Kier molecular flexibility index (Phi) is 4.30. The summed E-state index contributed by atoms with van der Waals surface area (Å²) < 4.78 is 12.5. The maximum Gasteiger partial charge on any atom is 0.245 e. The fourth-order valence-electron chi connectivity index (χ4n) is 3.55. The SMILES string of the molecule is COC1=CC(Cn2c3ccccc3c(=O)c3cccnc32)C=CC1(O)OC. The van der Waals surface area contributed by atoms with Crippen LogP contribution in [0.15, 0.2) is 71.4 Å². The van der Waals surface area contributed by atoms with Crippen LogP contribution in [0.4, 0.5) is 0 Å². The van der Waals surface area contributed by atoms with E-state index in [4.69, 9.17) is 9.47 Å². The molecule has 0 spiro atoms. The van der Waals surface area contributed by atoms with E-state index in [0.29, 0.717) is 28.7 Å². The van der Waals surface area contributed by atoms with Crippen LogP contribution in [0.5, 0.6) is 0 Å². The van der Waals surface area contributed by atoms with Crippen LogP contribution < -0.4 is 5.43 Å². The maximum atomic E-state index is 12.8. The maximum absolute atomic E-state index is 12.8. The number of methoxy groups -OCH3 is 2. The van der Waals surface area contributed by atoms with Crippen molar-refractivity contribution in [2.24, 2.45) is 5.92 Å². The van der Waals surface area contributed by atoms with Crippen LogP contribution in [0.2, 0.25) is 0 Å². The average molecular weight is 364 g/mol. The number of hydrogen-bond donors (Lipinski definition) is 1. The predicted molar refractivity (Wildman–Crippen MR) is 103 cm³/mol. The summed E-state index contributed by atoms with van der Waals surface area (Å²) in [5.74, 6) is -1.29. The van der Waals surface area contributed by atoms with E-state index in [1.165, 1.54) is 14.2 Å². The van der Waals surface area contributed by atoms with Crippen LogP contribution in [-0.2, 0) is 16.0 Å². The zero-order chi connectivity index (χ0) is 19.0. The highest BCUT2D eigenvalue weighted by Crippen LogP contribution is 2.29. The van der Waals surface area contributed by atoms with Crippen LogP contribution in [-0.4, -0.2) is 34.7 Å². The van der Waals surface area contributed by atoms with Crippen LogP contribution in [0.1, 0.15) is 0 Å². The van der Waals surface area contributed by atoms with Gasteiger partial charge in [-0.1, -0.05) is 18.2 Å². The van der Waals surface area contributed by atoms with Crippen LogP contribution in [0, 0.1) is 5.92 Å². The quantitative estimate of drug-likeness (QED) is 0.438. The number of aliphatic hydroxyl groups is 1. The summed E-state index contributed by atoms with van der Waals surface area (Å²) in [5, 5.41) is 11.7. The minimum absolute atomic E-state index is 0.0222. The van der Waals surface area contributed by atoms with Crippen molar-refractivity contribution < 1.29 is 14.6 Å². The van der Waals surface area contributed by atoms with Crippen molar-refractivity contribution in [2.75, 3.05) is 14.2 Å². The Labute approximate surface area is 156 Å². The fraction of sp³-hybridized carbons (Fsp3) is 0.238. The lowest BCUT2D eigenvalue weighted by atomic mass is 9.97. The zero-order valence-corrected chi connectivity index (χ0v) is 15.1. The van der Waals surface area contributed by atoms with E-state index >= 15 is 0 Å². The third kappa shape index (κ3) is 2.83. The van der Waals surface area contributed by atoms with E-state index in [-0.39, 0.29) is 11.3 Å². The first-order valence-corrected chi connectivity index (χ1v) is 8.67. The molecule has 0 aliphatic heterocycles. The van der Waals surface area contributed by atoms with Crippen molar-refractivity contribution in [1.82, 2.24) is 9.55 Å². The standard InChI is InChI=1S/C21H20N2O4/c1-26-18-12-14(9-10-21(18,25)27-2)13-23-17-8-4-3-6-15(17)19(24)16-7-5-11-22-20(16)23/h3-12,14,25H,13H2,1-2H3. The first kappa shape index (κ1) is 17.5. The smallest absolute Gasteiger partial charge is 0.245 e. The van der Waals surface area contributed by atoms with Gasteiger partial charge in [0.1, 0.15) is 5.65 Å². The molecule has 2 unspecified atom stereocenters. The number of rotatable bonds is 4. The molecule has 6 heteroatoms. The molecule has 138 valence electrons. The van der Waals surface area contributed by atoms with E-state index < -0.39 is 5.79 Å². The number of ether oxygens (including phenoxy) is 2. The van der Waals surface area contributed by atoms with Gasteiger partial charge in [0, 0.05) is 31.2 Å². The molecule has 2 atom stereocenters. The number of fused-ring (bicyclic) bond motifs is 2. The van der Waals surface area contributed by atoms with Crippen molar-refractivity contribution in [3.63, 3.8) is 0 Å². The van der Waals surface area contributed by atoms with Gasteiger partial charge in [-0.3, -0.25) is 4.79 Å². The van der Waals surface area contributed by atoms with E-state index in [9.17, 15) is 9.90 Å². The van der Waals surface area contributed by atoms with Crippen molar-refractivity contribution in [2.45, 2.75) is 12.3 Å². The van der Waals surface area contributed by atoms with Gasteiger partial charge in [-0.05, 0) is 36.4 Å². The Hall–Kier alpha value is -2.96. The molecule has 0 fully saturated rings. The normalized spacial score (nSPS) is 22.2. The average Bonchev–Trinajstić information content (AvgIpc) is 2.72. The number of pyridine rings is 2.